The normalized spacial score (nSPS) is 29.6. The molecule has 2 rings (SSSR count). The first kappa shape index (κ1) is 20.8. The van der Waals surface area contributed by atoms with E-state index in [1.54, 1.807) is 6.08 Å². The highest BCUT2D eigenvalue weighted by atomic mass is 16.8. The Bertz CT molecular complexity index is 646. The van der Waals surface area contributed by atoms with Gasteiger partial charge in [0.05, 0.1) is 6.04 Å². The van der Waals surface area contributed by atoms with Crippen LogP contribution in [0.15, 0.2) is 12.2 Å². The van der Waals surface area contributed by atoms with Crippen LogP contribution >= 0.6 is 0 Å². The monoisotopic (exact) mass is 385 g/mol. The molecule has 0 aliphatic carbocycles. The molecule has 5 atom stereocenters. The maximum Gasteiger partial charge on any atom is 0.303 e. The number of esters is 3. The van der Waals surface area contributed by atoms with Crippen molar-refractivity contribution in [2.24, 2.45) is 0 Å². The lowest BCUT2D eigenvalue weighted by molar-refractivity contribution is -0.195. The SMILES string of the molecule is CC(=O)N[C@@H]1C=C[C@]2(COC(C)=O)O[C@H]1[C@@H]([C@@H](COC(C)=O)OC(C)=O)O2. The number of nitrogens with one attached hydrogen (secondary N) is 1. The van der Waals surface area contributed by atoms with Crippen LogP contribution in [0.2, 0.25) is 0 Å². The van der Waals surface area contributed by atoms with Gasteiger partial charge in [-0.3, -0.25) is 19.2 Å². The number of fused-ring (bicyclic) bond motifs is 2. The molecule has 0 unspecified atom stereocenters. The first-order valence-electron chi connectivity index (χ1n) is 8.38. The molecule has 2 heterocycles. The molecule has 0 spiro atoms. The second-order valence-corrected chi connectivity index (χ2v) is 6.29. The van der Waals surface area contributed by atoms with Crippen molar-refractivity contribution in [2.75, 3.05) is 13.2 Å². The van der Waals surface area contributed by atoms with E-state index in [1.807, 2.05) is 0 Å². The third-order valence-electron chi connectivity index (χ3n) is 3.89. The average Bonchev–Trinajstić information content (AvgIpc) is 2.86. The van der Waals surface area contributed by atoms with E-state index in [2.05, 4.69) is 5.32 Å². The molecule has 0 saturated carbocycles. The van der Waals surface area contributed by atoms with Gasteiger partial charge in [0.1, 0.15) is 25.4 Å². The molecule has 10 heteroatoms. The predicted molar refractivity (Wildman–Crippen MR) is 88.0 cm³/mol. The van der Waals surface area contributed by atoms with Crippen LogP contribution in [0.25, 0.3) is 0 Å². The van der Waals surface area contributed by atoms with Crippen LogP contribution in [0.3, 0.4) is 0 Å². The molecule has 0 radical (unpaired) electrons. The van der Waals surface area contributed by atoms with Crippen LogP contribution in [0.1, 0.15) is 27.7 Å². The highest BCUT2D eigenvalue weighted by Crippen LogP contribution is 2.38. The summed E-state index contributed by atoms with van der Waals surface area (Å²) in [6.07, 6.45) is 0.580. The van der Waals surface area contributed by atoms with Gasteiger partial charge in [-0.2, -0.15) is 0 Å². The van der Waals surface area contributed by atoms with Crippen molar-refractivity contribution in [2.45, 2.75) is 57.8 Å². The molecular weight excluding hydrogens is 362 g/mol. The van der Waals surface area contributed by atoms with E-state index in [9.17, 15) is 19.2 Å². The van der Waals surface area contributed by atoms with Crippen molar-refractivity contribution in [3.05, 3.63) is 12.2 Å². The van der Waals surface area contributed by atoms with Gasteiger partial charge in [-0.25, -0.2) is 0 Å². The van der Waals surface area contributed by atoms with Crippen LogP contribution in [0.4, 0.5) is 0 Å². The molecule has 27 heavy (non-hydrogen) atoms. The molecule has 2 aliphatic heterocycles. The summed E-state index contributed by atoms with van der Waals surface area (Å²) in [7, 11) is 0. The van der Waals surface area contributed by atoms with Crippen LogP contribution in [0.5, 0.6) is 0 Å². The van der Waals surface area contributed by atoms with E-state index >= 15 is 0 Å². The van der Waals surface area contributed by atoms with Crippen LogP contribution < -0.4 is 5.32 Å². The maximum atomic E-state index is 11.5. The third-order valence-corrected chi connectivity index (χ3v) is 3.89. The van der Waals surface area contributed by atoms with E-state index in [1.165, 1.54) is 33.8 Å². The van der Waals surface area contributed by atoms with Crippen molar-refractivity contribution in [3.63, 3.8) is 0 Å². The van der Waals surface area contributed by atoms with Gasteiger partial charge >= 0.3 is 17.9 Å². The van der Waals surface area contributed by atoms with Crippen LogP contribution in [0, 0.1) is 0 Å². The summed E-state index contributed by atoms with van der Waals surface area (Å²) in [6, 6.07) is -0.573. The zero-order valence-electron chi connectivity index (χ0n) is 15.6. The first-order valence-corrected chi connectivity index (χ1v) is 8.38. The van der Waals surface area contributed by atoms with E-state index in [-0.39, 0.29) is 19.1 Å². The molecule has 1 saturated heterocycles. The quantitative estimate of drug-likeness (QED) is 0.354. The minimum Gasteiger partial charge on any atom is -0.462 e. The molecule has 0 aromatic rings. The number of carbonyl (C=O) groups excluding carboxylic acids is 4. The van der Waals surface area contributed by atoms with Gasteiger partial charge in [-0.05, 0) is 6.08 Å². The zero-order valence-corrected chi connectivity index (χ0v) is 15.6. The Labute approximate surface area is 156 Å². The Morgan fingerprint density at radius 3 is 2.26 bits per heavy atom. The summed E-state index contributed by atoms with van der Waals surface area (Å²) in [5.74, 6) is -3.36. The fourth-order valence-corrected chi connectivity index (χ4v) is 2.92. The minimum absolute atomic E-state index is 0.223. The maximum absolute atomic E-state index is 11.5. The van der Waals surface area contributed by atoms with E-state index < -0.39 is 48.0 Å². The van der Waals surface area contributed by atoms with Gasteiger partial charge in [0.2, 0.25) is 11.7 Å². The van der Waals surface area contributed by atoms with Crippen molar-refractivity contribution in [3.8, 4) is 0 Å². The smallest absolute Gasteiger partial charge is 0.303 e. The summed E-state index contributed by atoms with van der Waals surface area (Å²) >= 11 is 0. The molecule has 1 fully saturated rings. The predicted octanol–water partition coefficient (Wildman–Crippen LogP) is -0.401. The number of hydrogen-bond acceptors (Lipinski definition) is 9. The summed E-state index contributed by atoms with van der Waals surface area (Å²) < 4.78 is 27.0. The van der Waals surface area contributed by atoms with Crippen molar-refractivity contribution in [1.82, 2.24) is 5.32 Å². The van der Waals surface area contributed by atoms with E-state index in [0.29, 0.717) is 0 Å². The highest BCUT2D eigenvalue weighted by Gasteiger charge is 2.56. The molecule has 0 aromatic carbocycles. The molecule has 150 valence electrons. The lowest BCUT2D eigenvalue weighted by Crippen LogP contribution is -2.52. The van der Waals surface area contributed by atoms with Gasteiger partial charge in [-0.15, -0.1) is 0 Å². The lowest BCUT2D eigenvalue weighted by Gasteiger charge is -2.31. The van der Waals surface area contributed by atoms with Gasteiger partial charge in [0.25, 0.3) is 0 Å². The van der Waals surface area contributed by atoms with Gasteiger partial charge in [0, 0.05) is 27.7 Å². The molecule has 1 N–H and O–H groups in total. The number of ether oxygens (including phenoxy) is 5. The second-order valence-electron chi connectivity index (χ2n) is 6.29. The van der Waals surface area contributed by atoms with Gasteiger partial charge < -0.3 is 29.0 Å². The fraction of sp³-hybridized carbons (Fsp3) is 0.647. The van der Waals surface area contributed by atoms with E-state index in [4.69, 9.17) is 23.7 Å². The third kappa shape index (κ3) is 5.51. The summed E-state index contributed by atoms with van der Waals surface area (Å²) in [5, 5.41) is 2.71. The Morgan fingerprint density at radius 1 is 1.04 bits per heavy atom. The number of rotatable bonds is 7. The molecular formula is C17H23NO9. The van der Waals surface area contributed by atoms with Crippen molar-refractivity contribution < 1.29 is 42.9 Å². The summed E-state index contributed by atoms with van der Waals surface area (Å²) in [4.78, 5) is 45.3. The van der Waals surface area contributed by atoms with E-state index in [0.717, 1.165) is 0 Å². The fourth-order valence-electron chi connectivity index (χ4n) is 2.92. The highest BCUT2D eigenvalue weighted by molar-refractivity contribution is 5.73. The summed E-state index contributed by atoms with van der Waals surface area (Å²) in [5.41, 5.74) is 0. The molecule has 2 aliphatic rings. The Kier molecular flexibility index (Phi) is 6.55. The van der Waals surface area contributed by atoms with Crippen LogP contribution in [-0.4, -0.2) is 67.2 Å². The minimum atomic E-state index is -1.38. The van der Waals surface area contributed by atoms with Crippen molar-refractivity contribution in [1.29, 1.82) is 0 Å². The van der Waals surface area contributed by atoms with Crippen molar-refractivity contribution >= 4 is 23.8 Å². The zero-order chi connectivity index (χ0) is 20.2. The largest absolute Gasteiger partial charge is 0.462 e. The number of hydrogen-bond donors (Lipinski definition) is 1. The first-order chi connectivity index (χ1) is 12.6. The molecule has 1 amide bonds. The Morgan fingerprint density at radius 2 is 1.70 bits per heavy atom. The van der Waals surface area contributed by atoms with Crippen LogP contribution in [-0.2, 0) is 42.9 Å². The standard InChI is InChI=1S/C17H23NO9/c1-9(19)18-13-5-6-17(8-24-11(3)21)26-15(13)16(27-17)14(25-12(4)22)7-23-10(2)20/h5-6,13-16H,7-8H2,1-4H3,(H,18,19)/t13-,14-,15-,16-,17+/m1/s1. The number of amides is 1. The molecule has 0 aromatic heterocycles. The Balaban J connectivity index is 2.26. The Hall–Kier alpha value is -2.46. The topological polar surface area (TPSA) is 126 Å². The van der Waals surface area contributed by atoms with Gasteiger partial charge in [-0.1, -0.05) is 6.08 Å². The lowest BCUT2D eigenvalue weighted by atomic mass is 9.99. The average molecular weight is 385 g/mol. The van der Waals surface area contributed by atoms with Gasteiger partial charge in [0.15, 0.2) is 6.10 Å². The second kappa shape index (κ2) is 8.49. The number of carbonyl (C=O) groups is 4. The molecule has 2 bridgehead atoms. The summed E-state index contributed by atoms with van der Waals surface area (Å²) in [6.45, 7) is 4.55. The molecule has 10 nitrogen and oxygen atoms in total.